The molecular formula is C18H16N6O3. The highest BCUT2D eigenvalue weighted by molar-refractivity contribution is 6.38. The summed E-state index contributed by atoms with van der Waals surface area (Å²) in [7, 11) is 0. The molecule has 3 heterocycles. The number of amides is 2. The highest BCUT2D eigenvalue weighted by atomic mass is 16.2. The Hall–Kier alpha value is -3.88. The van der Waals surface area contributed by atoms with Gasteiger partial charge < -0.3 is 11.1 Å². The van der Waals surface area contributed by atoms with E-state index in [-0.39, 0.29) is 12.1 Å². The summed E-state index contributed by atoms with van der Waals surface area (Å²) in [6.45, 7) is 0. The SMILES string of the molecule is NC(=O)C(=O)C(Cc1ccccn1)NC(=O)c1cncn1-c1cccnc1. The molecule has 3 rings (SSSR count). The van der Waals surface area contributed by atoms with Crippen molar-refractivity contribution in [3.8, 4) is 5.69 Å². The number of aromatic nitrogens is 4. The van der Waals surface area contributed by atoms with Crippen LogP contribution in [0, 0.1) is 0 Å². The molecule has 0 radical (unpaired) electrons. The maximum Gasteiger partial charge on any atom is 0.287 e. The van der Waals surface area contributed by atoms with Crippen molar-refractivity contribution in [1.29, 1.82) is 0 Å². The van der Waals surface area contributed by atoms with Gasteiger partial charge >= 0.3 is 0 Å². The molecule has 0 aromatic carbocycles. The third-order valence-electron chi connectivity index (χ3n) is 3.80. The third kappa shape index (κ3) is 4.21. The van der Waals surface area contributed by atoms with Crippen LogP contribution >= 0.6 is 0 Å². The van der Waals surface area contributed by atoms with Crippen molar-refractivity contribution in [2.75, 3.05) is 0 Å². The predicted molar refractivity (Wildman–Crippen MR) is 94.8 cm³/mol. The second kappa shape index (κ2) is 8.00. The van der Waals surface area contributed by atoms with E-state index in [1.807, 2.05) is 0 Å². The molecule has 1 unspecified atom stereocenters. The molecule has 136 valence electrons. The lowest BCUT2D eigenvalue weighted by molar-refractivity contribution is -0.137. The summed E-state index contributed by atoms with van der Waals surface area (Å²) in [5, 5.41) is 2.55. The minimum absolute atomic E-state index is 0.0371. The molecule has 0 saturated heterocycles. The number of hydrogen-bond acceptors (Lipinski definition) is 6. The van der Waals surface area contributed by atoms with E-state index in [1.54, 1.807) is 48.9 Å². The third-order valence-corrected chi connectivity index (χ3v) is 3.80. The highest BCUT2D eigenvalue weighted by Crippen LogP contribution is 2.10. The van der Waals surface area contributed by atoms with Gasteiger partial charge in [-0.3, -0.25) is 28.9 Å². The van der Waals surface area contributed by atoms with E-state index in [9.17, 15) is 14.4 Å². The Balaban J connectivity index is 1.84. The number of nitrogens with zero attached hydrogens (tertiary/aromatic N) is 4. The van der Waals surface area contributed by atoms with E-state index in [0.29, 0.717) is 11.4 Å². The number of ketones is 1. The smallest absolute Gasteiger partial charge is 0.287 e. The number of carbonyl (C=O) groups excluding carboxylic acids is 3. The Morgan fingerprint density at radius 3 is 2.59 bits per heavy atom. The molecule has 0 fully saturated rings. The molecule has 0 aliphatic heterocycles. The minimum atomic E-state index is -1.14. The van der Waals surface area contributed by atoms with Gasteiger partial charge in [-0.15, -0.1) is 0 Å². The van der Waals surface area contributed by atoms with Gasteiger partial charge in [0.05, 0.1) is 24.4 Å². The lowest BCUT2D eigenvalue weighted by Crippen LogP contribution is -2.47. The van der Waals surface area contributed by atoms with Gasteiger partial charge in [-0.25, -0.2) is 4.98 Å². The fraction of sp³-hybridized carbons (Fsp3) is 0.111. The lowest BCUT2D eigenvalue weighted by atomic mass is 10.1. The second-order valence-corrected chi connectivity index (χ2v) is 5.64. The number of pyridine rings is 2. The van der Waals surface area contributed by atoms with E-state index in [0.717, 1.165) is 0 Å². The maximum absolute atomic E-state index is 12.7. The first kappa shape index (κ1) is 17.9. The summed E-state index contributed by atoms with van der Waals surface area (Å²) in [6.07, 6.45) is 7.58. The molecule has 0 bridgehead atoms. The summed E-state index contributed by atoms with van der Waals surface area (Å²) >= 11 is 0. The molecule has 0 aliphatic rings. The van der Waals surface area contributed by atoms with E-state index in [1.165, 1.54) is 17.1 Å². The van der Waals surface area contributed by atoms with Gasteiger partial charge in [-0.2, -0.15) is 0 Å². The molecule has 0 aliphatic carbocycles. The van der Waals surface area contributed by atoms with Crippen LogP contribution in [0.25, 0.3) is 5.69 Å². The first-order valence-electron chi connectivity index (χ1n) is 8.03. The molecule has 2 amide bonds. The first-order valence-corrected chi connectivity index (χ1v) is 8.03. The number of hydrogen-bond donors (Lipinski definition) is 2. The van der Waals surface area contributed by atoms with Gasteiger partial charge in [0.15, 0.2) is 0 Å². The van der Waals surface area contributed by atoms with Crippen LogP contribution in [0.1, 0.15) is 16.2 Å². The molecule has 3 aromatic heterocycles. The minimum Gasteiger partial charge on any atom is -0.363 e. The van der Waals surface area contributed by atoms with E-state index >= 15 is 0 Å². The fourth-order valence-corrected chi connectivity index (χ4v) is 2.51. The monoisotopic (exact) mass is 364 g/mol. The zero-order valence-electron chi connectivity index (χ0n) is 14.1. The van der Waals surface area contributed by atoms with Crippen molar-refractivity contribution < 1.29 is 14.4 Å². The van der Waals surface area contributed by atoms with Gasteiger partial charge in [0.1, 0.15) is 11.7 Å². The number of nitrogens with one attached hydrogen (secondary N) is 1. The number of nitrogens with two attached hydrogens (primary N) is 1. The number of rotatable bonds is 7. The van der Waals surface area contributed by atoms with E-state index < -0.39 is 23.6 Å². The zero-order valence-corrected chi connectivity index (χ0v) is 14.1. The van der Waals surface area contributed by atoms with Gasteiger partial charge in [0.25, 0.3) is 11.8 Å². The van der Waals surface area contributed by atoms with Crippen LogP contribution in [-0.2, 0) is 16.0 Å². The summed E-state index contributed by atoms with van der Waals surface area (Å²) in [6, 6.07) is 7.49. The standard InChI is InChI=1S/C18H16N6O3/c19-17(26)16(25)14(8-12-4-1-2-7-22-12)23-18(27)15-10-21-11-24(15)13-5-3-6-20-9-13/h1-7,9-11,14H,8H2,(H2,19,26)(H,23,27). The average molecular weight is 364 g/mol. The van der Waals surface area contributed by atoms with Gasteiger partial charge in [-0.05, 0) is 24.3 Å². The molecule has 0 saturated carbocycles. The first-order chi connectivity index (χ1) is 13.1. The summed E-state index contributed by atoms with van der Waals surface area (Å²) in [5.41, 5.74) is 6.47. The van der Waals surface area contributed by atoms with Gasteiger partial charge in [0, 0.05) is 24.5 Å². The summed E-state index contributed by atoms with van der Waals surface area (Å²) in [5.74, 6) is -2.61. The largest absolute Gasteiger partial charge is 0.363 e. The Kier molecular flexibility index (Phi) is 5.31. The normalized spacial score (nSPS) is 11.6. The van der Waals surface area contributed by atoms with Crippen molar-refractivity contribution in [3.05, 3.63) is 72.8 Å². The van der Waals surface area contributed by atoms with Crippen LogP contribution in [0.15, 0.2) is 61.4 Å². The molecule has 9 nitrogen and oxygen atoms in total. The average Bonchev–Trinajstić information content (AvgIpc) is 3.18. The Morgan fingerprint density at radius 2 is 1.93 bits per heavy atom. The number of carbonyl (C=O) groups is 3. The Bertz CT molecular complexity index is 955. The van der Waals surface area contributed by atoms with Crippen molar-refractivity contribution in [2.24, 2.45) is 5.73 Å². The van der Waals surface area contributed by atoms with Gasteiger partial charge in [-0.1, -0.05) is 6.07 Å². The summed E-state index contributed by atoms with van der Waals surface area (Å²) < 4.78 is 1.52. The molecule has 27 heavy (non-hydrogen) atoms. The number of primary amides is 1. The van der Waals surface area contributed by atoms with Gasteiger partial charge in [0.2, 0.25) is 5.78 Å². The highest BCUT2D eigenvalue weighted by Gasteiger charge is 2.27. The topological polar surface area (TPSA) is 133 Å². The van der Waals surface area contributed by atoms with E-state index in [4.69, 9.17) is 5.73 Å². The maximum atomic E-state index is 12.7. The van der Waals surface area contributed by atoms with Crippen LogP contribution in [0.4, 0.5) is 0 Å². The molecular weight excluding hydrogens is 348 g/mol. The Morgan fingerprint density at radius 1 is 1.07 bits per heavy atom. The zero-order chi connectivity index (χ0) is 19.2. The van der Waals surface area contributed by atoms with Crippen molar-refractivity contribution in [2.45, 2.75) is 12.5 Å². The van der Waals surface area contributed by atoms with Crippen molar-refractivity contribution in [1.82, 2.24) is 24.8 Å². The lowest BCUT2D eigenvalue weighted by Gasteiger charge is -2.16. The van der Waals surface area contributed by atoms with Crippen LogP contribution in [-0.4, -0.2) is 43.2 Å². The van der Waals surface area contributed by atoms with Crippen molar-refractivity contribution >= 4 is 17.6 Å². The molecule has 3 N–H and O–H groups in total. The van der Waals surface area contributed by atoms with E-state index in [2.05, 4.69) is 20.3 Å². The predicted octanol–water partition coefficient (Wildman–Crippen LogP) is 0.0578. The number of imidazole rings is 1. The van der Waals surface area contributed by atoms with Crippen LogP contribution in [0.3, 0.4) is 0 Å². The molecule has 3 aromatic rings. The molecule has 0 spiro atoms. The van der Waals surface area contributed by atoms with Crippen LogP contribution in [0.2, 0.25) is 0 Å². The second-order valence-electron chi connectivity index (χ2n) is 5.64. The quantitative estimate of drug-likeness (QED) is 0.570. The van der Waals surface area contributed by atoms with Crippen LogP contribution < -0.4 is 11.1 Å². The molecule has 1 atom stereocenters. The fourth-order valence-electron chi connectivity index (χ4n) is 2.51. The van der Waals surface area contributed by atoms with Crippen LogP contribution in [0.5, 0.6) is 0 Å². The Labute approximate surface area is 154 Å². The summed E-state index contributed by atoms with van der Waals surface area (Å²) in [4.78, 5) is 48.3. The van der Waals surface area contributed by atoms with Crippen molar-refractivity contribution in [3.63, 3.8) is 0 Å². The molecule has 9 heteroatoms. The number of Topliss-reactive ketones (excluding diaryl/α,β-unsaturated/α-hetero) is 1.